The Kier molecular flexibility index (Phi) is 8.25. The van der Waals surface area contributed by atoms with Gasteiger partial charge in [0.05, 0.1) is 23.4 Å². The lowest BCUT2D eigenvalue weighted by Gasteiger charge is -2.30. The molecule has 15 heteroatoms. The molecule has 0 amide bonds. The Morgan fingerprint density at radius 2 is 1.58 bits per heavy atom. The summed E-state index contributed by atoms with van der Waals surface area (Å²) < 4.78 is 83.6. The molecule has 0 saturated carbocycles. The van der Waals surface area contributed by atoms with E-state index in [0.717, 1.165) is 23.3 Å². The Hall–Kier alpha value is -3.94. The molecule has 1 saturated heterocycles. The summed E-state index contributed by atoms with van der Waals surface area (Å²) in [4.78, 5) is 21.1. The molecule has 1 aliphatic rings. The number of alkyl halides is 6. The van der Waals surface area contributed by atoms with E-state index in [-0.39, 0.29) is 41.5 Å². The highest BCUT2D eigenvalue weighted by molar-refractivity contribution is 6.28. The zero-order chi connectivity index (χ0) is 31.1. The second-order valence-corrected chi connectivity index (χ2v) is 10.8. The van der Waals surface area contributed by atoms with Crippen molar-refractivity contribution in [2.75, 3.05) is 16.3 Å². The first-order valence-corrected chi connectivity index (χ1v) is 13.7. The number of rotatable bonds is 7. The normalized spacial score (nSPS) is 17.5. The van der Waals surface area contributed by atoms with Crippen molar-refractivity contribution in [2.24, 2.45) is 7.05 Å². The third-order valence-corrected chi connectivity index (χ3v) is 7.61. The third-order valence-electron chi connectivity index (χ3n) is 7.43. The quantitative estimate of drug-likeness (QED) is 0.167. The molecule has 0 N–H and O–H groups in total. The van der Waals surface area contributed by atoms with Gasteiger partial charge in [0.1, 0.15) is 5.82 Å². The zero-order valence-corrected chi connectivity index (χ0v) is 24.1. The molecule has 5 rings (SSSR count). The summed E-state index contributed by atoms with van der Waals surface area (Å²) >= 11 is 6.09. The van der Waals surface area contributed by atoms with Crippen molar-refractivity contribution in [3.8, 4) is 11.1 Å². The van der Waals surface area contributed by atoms with Crippen LogP contribution in [0.1, 0.15) is 42.0 Å². The highest BCUT2D eigenvalue weighted by Gasteiger charge is 2.39. The first-order chi connectivity index (χ1) is 20.2. The molecule has 2 unspecified atom stereocenters. The molecule has 1 aromatic carbocycles. The van der Waals surface area contributed by atoms with E-state index in [9.17, 15) is 26.3 Å². The summed E-state index contributed by atoms with van der Waals surface area (Å²) in [5.74, 6) is 0.776. The minimum Gasteiger partial charge on any atom is -0.351 e. The van der Waals surface area contributed by atoms with Crippen LogP contribution in [-0.2, 0) is 25.9 Å². The second-order valence-electron chi connectivity index (χ2n) is 10.5. The minimum absolute atomic E-state index is 0.0425. The lowest BCUT2D eigenvalue weighted by Crippen LogP contribution is -2.39. The Morgan fingerprint density at radius 3 is 2.14 bits per heavy atom. The highest BCUT2D eigenvalue weighted by atomic mass is 35.5. The van der Waals surface area contributed by atoms with E-state index in [1.807, 2.05) is 18.7 Å². The predicted molar refractivity (Wildman–Crippen MR) is 148 cm³/mol. The molecular weight excluding hydrogens is 598 g/mol. The zero-order valence-electron chi connectivity index (χ0n) is 23.3. The number of anilines is 2. The summed E-state index contributed by atoms with van der Waals surface area (Å²) in [5.41, 5.74) is -0.746. The average Bonchev–Trinajstić information content (AvgIpc) is 3.58. The molecule has 0 bridgehead atoms. The molecule has 4 heterocycles. The van der Waals surface area contributed by atoms with Gasteiger partial charge in [0.2, 0.25) is 11.2 Å². The summed E-state index contributed by atoms with van der Waals surface area (Å²) in [7, 11) is 1.76. The van der Waals surface area contributed by atoms with Crippen LogP contribution in [0.2, 0.25) is 5.28 Å². The highest BCUT2D eigenvalue weighted by Crippen LogP contribution is 2.38. The van der Waals surface area contributed by atoms with E-state index in [0.29, 0.717) is 30.8 Å². The van der Waals surface area contributed by atoms with Crippen LogP contribution in [0.3, 0.4) is 0 Å². The molecule has 3 aromatic heterocycles. The molecule has 0 spiro atoms. The molecule has 1 fully saturated rings. The van der Waals surface area contributed by atoms with Crippen molar-refractivity contribution in [3.05, 3.63) is 76.7 Å². The van der Waals surface area contributed by atoms with Crippen molar-refractivity contribution < 1.29 is 26.3 Å². The van der Waals surface area contributed by atoms with Gasteiger partial charge in [-0.05, 0) is 55.1 Å². The molecular formula is C28H27ClF6N8. The third kappa shape index (κ3) is 6.68. The maximum Gasteiger partial charge on any atom is 0.416 e. The molecule has 2 atom stereocenters. The summed E-state index contributed by atoms with van der Waals surface area (Å²) in [5, 5.41) is 4.20. The first-order valence-electron chi connectivity index (χ1n) is 13.3. The summed E-state index contributed by atoms with van der Waals surface area (Å²) in [6.45, 7) is 3.89. The molecule has 43 heavy (non-hydrogen) atoms. The Labute approximate surface area is 248 Å². The van der Waals surface area contributed by atoms with E-state index in [1.165, 1.54) is 0 Å². The first kappa shape index (κ1) is 30.5. The number of benzene rings is 1. The number of aromatic nitrogens is 6. The molecule has 0 aliphatic carbocycles. The van der Waals surface area contributed by atoms with Crippen LogP contribution in [0.25, 0.3) is 11.1 Å². The SMILES string of the molecule is CCC1CC(N(Cc2cc(C(F)(F)F)cc(C(F)(F)F)c2)c2ncc(-c3cnn(C)c3)cn2)CN1c1nc(Cl)ncc1C. The minimum atomic E-state index is -4.97. The van der Waals surface area contributed by atoms with Crippen LogP contribution in [0.15, 0.2) is 49.2 Å². The second kappa shape index (κ2) is 11.6. The van der Waals surface area contributed by atoms with Crippen LogP contribution >= 0.6 is 11.6 Å². The van der Waals surface area contributed by atoms with Gasteiger partial charge in [0.15, 0.2) is 0 Å². The fourth-order valence-electron chi connectivity index (χ4n) is 5.33. The van der Waals surface area contributed by atoms with Gasteiger partial charge in [0.25, 0.3) is 0 Å². The van der Waals surface area contributed by atoms with Gasteiger partial charge >= 0.3 is 12.4 Å². The van der Waals surface area contributed by atoms with E-state index in [2.05, 4.69) is 25.0 Å². The van der Waals surface area contributed by atoms with Crippen molar-refractivity contribution >= 4 is 23.4 Å². The van der Waals surface area contributed by atoms with Gasteiger partial charge in [-0.15, -0.1) is 0 Å². The Balaban J connectivity index is 1.56. The predicted octanol–water partition coefficient (Wildman–Crippen LogP) is 6.73. The van der Waals surface area contributed by atoms with Crippen LogP contribution in [0.5, 0.6) is 0 Å². The van der Waals surface area contributed by atoms with Crippen LogP contribution in [0, 0.1) is 6.92 Å². The summed E-state index contributed by atoms with van der Waals surface area (Å²) in [6, 6.07) is 1.18. The molecule has 1 aliphatic heterocycles. The number of hydrogen-bond acceptors (Lipinski definition) is 7. The Morgan fingerprint density at radius 1 is 0.930 bits per heavy atom. The molecule has 8 nitrogen and oxygen atoms in total. The monoisotopic (exact) mass is 624 g/mol. The molecule has 228 valence electrons. The topological polar surface area (TPSA) is 75.9 Å². The van der Waals surface area contributed by atoms with E-state index < -0.39 is 23.5 Å². The van der Waals surface area contributed by atoms with Crippen LogP contribution in [0.4, 0.5) is 38.1 Å². The fourth-order valence-corrected chi connectivity index (χ4v) is 5.46. The smallest absolute Gasteiger partial charge is 0.351 e. The summed E-state index contributed by atoms with van der Waals surface area (Å²) in [6.07, 6.45) is -0.598. The standard InChI is InChI=1S/C28H27ClF6N8/c1-4-22-8-23(15-42(22)24-16(2)9-36-25(29)40-24)43(26-37-10-18(11-38-26)19-12-39-41(3)14-19)13-17-5-20(27(30,31)32)7-21(6-17)28(33,34)35/h5-7,9-12,14,22-23H,4,8,13,15H2,1-3H3. The molecule has 0 radical (unpaired) electrons. The van der Waals surface area contributed by atoms with Gasteiger partial charge in [-0.3, -0.25) is 4.68 Å². The van der Waals surface area contributed by atoms with Crippen molar-refractivity contribution in [1.29, 1.82) is 0 Å². The van der Waals surface area contributed by atoms with Crippen LogP contribution in [-0.4, -0.2) is 48.3 Å². The maximum atomic E-state index is 13.7. The van der Waals surface area contributed by atoms with E-state index in [1.54, 1.807) is 47.6 Å². The molecule has 4 aromatic rings. The number of hydrogen-bond donors (Lipinski definition) is 0. The van der Waals surface area contributed by atoms with Gasteiger partial charge < -0.3 is 9.80 Å². The lowest BCUT2D eigenvalue weighted by atomic mass is 10.0. The van der Waals surface area contributed by atoms with Crippen molar-refractivity contribution in [3.63, 3.8) is 0 Å². The van der Waals surface area contributed by atoms with Gasteiger partial charge in [-0.1, -0.05) is 6.92 Å². The van der Waals surface area contributed by atoms with Gasteiger partial charge in [-0.2, -0.15) is 31.4 Å². The lowest BCUT2D eigenvalue weighted by molar-refractivity contribution is -0.143. The largest absolute Gasteiger partial charge is 0.416 e. The van der Waals surface area contributed by atoms with Gasteiger partial charge in [-0.25, -0.2) is 19.9 Å². The maximum absolute atomic E-state index is 13.7. The number of nitrogens with zero attached hydrogens (tertiary/aromatic N) is 8. The number of aryl methyl sites for hydroxylation is 2. The fraction of sp³-hybridized carbons (Fsp3) is 0.393. The average molecular weight is 625 g/mol. The van der Waals surface area contributed by atoms with Crippen LogP contribution < -0.4 is 9.80 Å². The number of halogens is 7. The van der Waals surface area contributed by atoms with E-state index >= 15 is 0 Å². The Bertz CT molecular complexity index is 1560. The van der Waals surface area contributed by atoms with E-state index in [4.69, 9.17) is 11.6 Å². The van der Waals surface area contributed by atoms with Crippen molar-refractivity contribution in [1.82, 2.24) is 29.7 Å². The van der Waals surface area contributed by atoms with Gasteiger partial charge in [0, 0.05) is 67.7 Å². The van der Waals surface area contributed by atoms with Crippen molar-refractivity contribution in [2.45, 2.75) is 57.7 Å².